The van der Waals surface area contributed by atoms with E-state index in [1.807, 2.05) is 25.2 Å². The zero-order valence-corrected chi connectivity index (χ0v) is 17.0. The third-order valence-corrected chi connectivity index (χ3v) is 5.78. The number of hydrogen-bond donors (Lipinski definition) is 0. The van der Waals surface area contributed by atoms with E-state index >= 15 is 0 Å². The lowest BCUT2D eigenvalue weighted by molar-refractivity contribution is 0.0501. The molecule has 6 heteroatoms. The first-order chi connectivity index (χ1) is 14.1. The van der Waals surface area contributed by atoms with Gasteiger partial charge >= 0.3 is 6.55 Å². The highest BCUT2D eigenvalue weighted by Crippen LogP contribution is 2.26. The average Bonchev–Trinajstić information content (AvgIpc) is 3.25. The number of allylic oxidation sites excluding steroid dienone is 5. The molecule has 2 fully saturated rings. The van der Waals surface area contributed by atoms with Crippen molar-refractivity contribution in [3.8, 4) is 0 Å². The second-order valence-corrected chi connectivity index (χ2v) is 7.70. The lowest BCUT2D eigenvalue weighted by Gasteiger charge is -2.35. The molecule has 0 atom stereocenters. The molecule has 0 aromatic carbocycles. The number of rotatable bonds is 7. The average molecular weight is 405 g/mol. The van der Waals surface area contributed by atoms with E-state index in [0.717, 1.165) is 43.7 Å². The summed E-state index contributed by atoms with van der Waals surface area (Å²) in [6.07, 6.45) is 17.9. The molecule has 1 aromatic heterocycles. The lowest BCUT2D eigenvalue weighted by Crippen LogP contribution is -2.41. The van der Waals surface area contributed by atoms with E-state index in [9.17, 15) is 13.6 Å². The van der Waals surface area contributed by atoms with Crippen molar-refractivity contribution in [3.05, 3.63) is 64.8 Å². The third-order valence-electron chi connectivity index (χ3n) is 5.78. The van der Waals surface area contributed by atoms with Gasteiger partial charge < -0.3 is 9.64 Å². The molecular weight excluding hydrogens is 374 g/mol. The van der Waals surface area contributed by atoms with Gasteiger partial charge in [0.05, 0.1) is 6.26 Å². The number of halogens is 2. The minimum Gasteiger partial charge on any atom is -0.498 e. The molecule has 3 rings (SSSR count). The van der Waals surface area contributed by atoms with Gasteiger partial charge in [-0.25, -0.2) is 0 Å². The van der Waals surface area contributed by atoms with Crippen LogP contribution in [0.5, 0.6) is 0 Å². The standard InChI is InChI=1S/C23H30F2N2O2/c1-2-6-18(19-10-15-27(23(24)25)22(28)17-19)7-5-16-29-21-11-13-26(14-12-21)20-8-3-4-9-20/h2,5-7,10,15-17,20-21,23H,3-4,8-9,11-14H2,1H3/b6-2-,16-5+,18-7+. The van der Waals surface area contributed by atoms with Crippen LogP contribution in [-0.4, -0.2) is 34.7 Å². The van der Waals surface area contributed by atoms with Gasteiger partial charge in [-0.1, -0.05) is 31.1 Å². The third kappa shape index (κ3) is 5.89. The minimum absolute atomic E-state index is 0.234. The summed E-state index contributed by atoms with van der Waals surface area (Å²) in [5, 5.41) is 0. The van der Waals surface area contributed by atoms with Crippen LogP contribution in [0, 0.1) is 0 Å². The minimum atomic E-state index is -2.83. The molecule has 0 radical (unpaired) electrons. The molecule has 4 nitrogen and oxygen atoms in total. The van der Waals surface area contributed by atoms with Crippen LogP contribution in [0.3, 0.4) is 0 Å². The fourth-order valence-corrected chi connectivity index (χ4v) is 4.20. The molecule has 1 aliphatic heterocycles. The fourth-order valence-electron chi connectivity index (χ4n) is 4.20. The molecule has 0 N–H and O–H groups in total. The van der Waals surface area contributed by atoms with Crippen molar-refractivity contribution in [3.63, 3.8) is 0 Å². The molecule has 158 valence electrons. The first-order valence-electron chi connectivity index (χ1n) is 10.5. The van der Waals surface area contributed by atoms with E-state index in [1.54, 1.807) is 12.3 Å². The Kier molecular flexibility index (Phi) is 7.81. The van der Waals surface area contributed by atoms with Gasteiger partial charge in [-0.15, -0.1) is 0 Å². The van der Waals surface area contributed by atoms with E-state index in [1.165, 1.54) is 37.8 Å². The highest BCUT2D eigenvalue weighted by Gasteiger charge is 2.27. The van der Waals surface area contributed by atoms with Gasteiger partial charge in [0.1, 0.15) is 6.10 Å². The Balaban J connectivity index is 1.56. The van der Waals surface area contributed by atoms with Crippen molar-refractivity contribution in [2.45, 2.75) is 64.1 Å². The van der Waals surface area contributed by atoms with Crippen molar-refractivity contribution < 1.29 is 13.5 Å². The van der Waals surface area contributed by atoms with E-state index < -0.39 is 12.1 Å². The van der Waals surface area contributed by atoms with Gasteiger partial charge in [0.2, 0.25) is 0 Å². The van der Waals surface area contributed by atoms with Crippen LogP contribution in [0.1, 0.15) is 57.6 Å². The number of aromatic nitrogens is 1. The number of pyridine rings is 1. The zero-order valence-electron chi connectivity index (χ0n) is 17.0. The fraction of sp³-hybridized carbons (Fsp3) is 0.522. The van der Waals surface area contributed by atoms with Gasteiger partial charge in [-0.2, -0.15) is 8.78 Å². The summed E-state index contributed by atoms with van der Waals surface area (Å²) in [5.74, 6) is 0. The predicted octanol–water partition coefficient (Wildman–Crippen LogP) is 5.14. The van der Waals surface area contributed by atoms with Crippen molar-refractivity contribution >= 4 is 5.57 Å². The molecule has 0 spiro atoms. The number of alkyl halides is 2. The molecule has 0 unspecified atom stereocenters. The van der Waals surface area contributed by atoms with Crippen LogP contribution < -0.4 is 5.56 Å². The summed E-state index contributed by atoms with van der Waals surface area (Å²) in [6, 6.07) is 3.52. The largest absolute Gasteiger partial charge is 0.498 e. The number of nitrogens with zero attached hydrogens (tertiary/aromatic N) is 2. The van der Waals surface area contributed by atoms with Crippen LogP contribution in [-0.2, 0) is 4.74 Å². The van der Waals surface area contributed by atoms with Gasteiger partial charge in [0.15, 0.2) is 0 Å². The summed E-state index contributed by atoms with van der Waals surface area (Å²) in [4.78, 5) is 14.4. The molecule has 1 saturated heterocycles. The molecular formula is C23H30F2N2O2. The van der Waals surface area contributed by atoms with E-state index in [0.29, 0.717) is 10.1 Å². The van der Waals surface area contributed by atoms with E-state index in [-0.39, 0.29) is 6.10 Å². The van der Waals surface area contributed by atoms with Crippen LogP contribution in [0.15, 0.2) is 53.7 Å². The smallest absolute Gasteiger partial charge is 0.321 e. The first kappa shape index (κ1) is 21.5. The molecule has 29 heavy (non-hydrogen) atoms. The number of piperidine rings is 1. The van der Waals surface area contributed by atoms with E-state index in [4.69, 9.17) is 4.74 Å². The van der Waals surface area contributed by atoms with Crippen LogP contribution in [0.2, 0.25) is 0 Å². The highest BCUT2D eigenvalue weighted by molar-refractivity contribution is 5.74. The predicted molar refractivity (Wildman–Crippen MR) is 112 cm³/mol. The van der Waals surface area contributed by atoms with Gasteiger partial charge in [-0.3, -0.25) is 9.36 Å². The maximum absolute atomic E-state index is 12.7. The van der Waals surface area contributed by atoms with Gasteiger partial charge in [0, 0.05) is 31.4 Å². The molecule has 2 heterocycles. The van der Waals surface area contributed by atoms with Crippen molar-refractivity contribution in [2.75, 3.05) is 13.1 Å². The summed E-state index contributed by atoms with van der Waals surface area (Å²) in [7, 11) is 0. The van der Waals surface area contributed by atoms with Crippen molar-refractivity contribution in [1.29, 1.82) is 0 Å². The van der Waals surface area contributed by atoms with E-state index in [2.05, 4.69) is 4.90 Å². The Morgan fingerprint density at radius 2 is 1.93 bits per heavy atom. The Hall–Kier alpha value is -2.21. The Bertz CT molecular complexity index is 799. The Morgan fingerprint density at radius 1 is 1.21 bits per heavy atom. The zero-order chi connectivity index (χ0) is 20.6. The summed E-state index contributed by atoms with van der Waals surface area (Å²) < 4.78 is 31.8. The van der Waals surface area contributed by atoms with Crippen LogP contribution in [0.4, 0.5) is 8.78 Å². The molecule has 2 aliphatic rings. The molecule has 1 saturated carbocycles. The highest BCUT2D eigenvalue weighted by atomic mass is 19.3. The summed E-state index contributed by atoms with van der Waals surface area (Å²) in [6.45, 7) is 1.23. The Morgan fingerprint density at radius 3 is 2.55 bits per heavy atom. The summed E-state index contributed by atoms with van der Waals surface area (Å²) >= 11 is 0. The molecule has 0 bridgehead atoms. The SMILES string of the molecule is C\C=C/C(=C\C=C\OC1CCN(C2CCCC2)CC1)c1ccn(C(F)F)c(=O)c1. The molecule has 0 amide bonds. The van der Waals surface area contributed by atoms with Gasteiger partial charge in [0.25, 0.3) is 5.56 Å². The normalized spacial score (nSPS) is 20.5. The van der Waals surface area contributed by atoms with Crippen molar-refractivity contribution in [2.24, 2.45) is 0 Å². The Labute approximate surface area is 171 Å². The van der Waals surface area contributed by atoms with Gasteiger partial charge in [-0.05, 0) is 55.9 Å². The summed E-state index contributed by atoms with van der Waals surface area (Å²) in [5.41, 5.74) is 0.642. The molecule has 1 aliphatic carbocycles. The van der Waals surface area contributed by atoms with Crippen molar-refractivity contribution in [1.82, 2.24) is 9.47 Å². The van der Waals surface area contributed by atoms with Crippen LogP contribution in [0.25, 0.3) is 5.57 Å². The van der Waals surface area contributed by atoms with Crippen LogP contribution >= 0.6 is 0 Å². The molecule has 1 aromatic rings. The maximum atomic E-state index is 12.7. The maximum Gasteiger partial charge on any atom is 0.321 e. The number of ether oxygens (including phenoxy) is 1. The second kappa shape index (κ2) is 10.5. The topological polar surface area (TPSA) is 34.5 Å². The first-order valence-corrected chi connectivity index (χ1v) is 10.5. The quantitative estimate of drug-likeness (QED) is 0.466. The number of hydrogen-bond acceptors (Lipinski definition) is 3. The lowest BCUT2D eigenvalue weighted by atomic mass is 10.0. The second-order valence-electron chi connectivity index (χ2n) is 7.70. The monoisotopic (exact) mass is 404 g/mol. The number of likely N-dealkylation sites (tertiary alicyclic amines) is 1.